The normalized spacial score (nSPS) is 10.2. The summed E-state index contributed by atoms with van der Waals surface area (Å²) in [7, 11) is 0. The van der Waals surface area contributed by atoms with Crippen LogP contribution in [0.3, 0.4) is 0 Å². The molecule has 0 bridgehead atoms. The summed E-state index contributed by atoms with van der Waals surface area (Å²) in [6.07, 6.45) is 1.62. The molecule has 3 aromatic rings. The summed E-state index contributed by atoms with van der Waals surface area (Å²) >= 11 is 0. The summed E-state index contributed by atoms with van der Waals surface area (Å²) in [5.74, 6) is 0.361. The van der Waals surface area contributed by atoms with Crippen LogP contribution in [-0.2, 0) is 4.79 Å². The van der Waals surface area contributed by atoms with Crippen LogP contribution in [-0.4, -0.2) is 21.1 Å². The molecular formula is C17H13N5O2. The van der Waals surface area contributed by atoms with Crippen molar-refractivity contribution in [2.75, 3.05) is 5.32 Å². The molecule has 0 spiro atoms. The first-order valence-corrected chi connectivity index (χ1v) is 7.17. The standard InChI is InChI=1S/C17H13N5O2/c1-11(23)19-14-6-4-13(5-7-14)17-18-10-16(20-21-17)12-2-8-15(22-24)9-3-12/h2-10H,1H3,(H,19,23). The molecule has 7 nitrogen and oxygen atoms in total. The van der Waals surface area contributed by atoms with Gasteiger partial charge >= 0.3 is 0 Å². The van der Waals surface area contributed by atoms with Gasteiger partial charge in [-0.05, 0) is 41.6 Å². The topological polar surface area (TPSA) is 97.2 Å². The van der Waals surface area contributed by atoms with Crippen molar-refractivity contribution in [3.63, 3.8) is 0 Å². The highest BCUT2D eigenvalue weighted by Crippen LogP contribution is 2.22. The molecule has 0 aliphatic carbocycles. The number of nitrogens with one attached hydrogen (secondary N) is 1. The molecule has 0 saturated heterocycles. The van der Waals surface area contributed by atoms with Crippen LogP contribution in [0.2, 0.25) is 0 Å². The third-order valence-corrected chi connectivity index (χ3v) is 3.29. The maximum Gasteiger partial charge on any atom is 0.221 e. The number of nitroso groups, excluding NO2 is 1. The second-order valence-corrected chi connectivity index (χ2v) is 5.06. The van der Waals surface area contributed by atoms with Crippen LogP contribution in [0.15, 0.2) is 59.9 Å². The van der Waals surface area contributed by atoms with Crippen LogP contribution in [0.1, 0.15) is 6.92 Å². The van der Waals surface area contributed by atoms with Crippen molar-refractivity contribution < 1.29 is 4.79 Å². The number of hydrogen-bond acceptors (Lipinski definition) is 6. The Bertz CT molecular complexity index is 859. The van der Waals surface area contributed by atoms with Gasteiger partial charge in [0.1, 0.15) is 11.4 Å². The van der Waals surface area contributed by atoms with Crippen molar-refractivity contribution in [2.45, 2.75) is 6.92 Å². The molecule has 0 radical (unpaired) electrons. The average molecular weight is 319 g/mol. The molecule has 0 fully saturated rings. The van der Waals surface area contributed by atoms with Gasteiger partial charge in [0.15, 0.2) is 5.82 Å². The molecule has 0 aliphatic heterocycles. The van der Waals surface area contributed by atoms with E-state index in [0.717, 1.165) is 11.1 Å². The lowest BCUT2D eigenvalue weighted by Crippen LogP contribution is -2.05. The van der Waals surface area contributed by atoms with Gasteiger partial charge < -0.3 is 5.32 Å². The number of carbonyl (C=O) groups is 1. The molecular weight excluding hydrogens is 306 g/mol. The molecule has 118 valence electrons. The van der Waals surface area contributed by atoms with Gasteiger partial charge in [-0.3, -0.25) is 4.79 Å². The minimum Gasteiger partial charge on any atom is -0.326 e. The summed E-state index contributed by atoms with van der Waals surface area (Å²) in [5, 5.41) is 13.8. The maximum atomic E-state index is 11.0. The lowest BCUT2D eigenvalue weighted by molar-refractivity contribution is -0.114. The van der Waals surface area contributed by atoms with Crippen LogP contribution >= 0.6 is 0 Å². The molecule has 1 aromatic heterocycles. The van der Waals surface area contributed by atoms with Crippen molar-refractivity contribution in [3.05, 3.63) is 59.6 Å². The van der Waals surface area contributed by atoms with E-state index in [1.54, 1.807) is 42.6 Å². The monoisotopic (exact) mass is 319 g/mol. The minimum absolute atomic E-state index is 0.124. The van der Waals surface area contributed by atoms with E-state index in [4.69, 9.17) is 0 Å². The SMILES string of the molecule is CC(=O)Nc1ccc(-c2ncc(-c3ccc(N=O)cc3)nn2)cc1. The van der Waals surface area contributed by atoms with Gasteiger partial charge in [-0.15, -0.1) is 15.1 Å². The van der Waals surface area contributed by atoms with Gasteiger partial charge in [-0.25, -0.2) is 4.98 Å². The van der Waals surface area contributed by atoms with E-state index < -0.39 is 0 Å². The molecule has 7 heteroatoms. The van der Waals surface area contributed by atoms with Gasteiger partial charge in [0, 0.05) is 23.7 Å². The Morgan fingerprint density at radius 1 is 0.958 bits per heavy atom. The molecule has 0 aliphatic rings. The fourth-order valence-electron chi connectivity index (χ4n) is 2.14. The first-order valence-electron chi connectivity index (χ1n) is 7.17. The lowest BCUT2D eigenvalue weighted by atomic mass is 10.1. The molecule has 0 atom stereocenters. The number of aromatic nitrogens is 3. The summed E-state index contributed by atoms with van der Waals surface area (Å²) in [6.45, 7) is 1.46. The Kier molecular flexibility index (Phi) is 4.33. The van der Waals surface area contributed by atoms with Gasteiger partial charge in [0.2, 0.25) is 5.91 Å². The van der Waals surface area contributed by atoms with E-state index >= 15 is 0 Å². The first-order chi connectivity index (χ1) is 11.7. The maximum absolute atomic E-state index is 11.0. The van der Waals surface area contributed by atoms with Crippen LogP contribution in [0.4, 0.5) is 11.4 Å². The largest absolute Gasteiger partial charge is 0.326 e. The van der Waals surface area contributed by atoms with Crippen molar-refractivity contribution in [3.8, 4) is 22.6 Å². The van der Waals surface area contributed by atoms with E-state index in [1.165, 1.54) is 6.92 Å². The second kappa shape index (κ2) is 6.74. The second-order valence-electron chi connectivity index (χ2n) is 5.06. The molecule has 2 aromatic carbocycles. The number of carbonyl (C=O) groups excluding carboxylic acids is 1. The van der Waals surface area contributed by atoms with Crippen LogP contribution in [0.5, 0.6) is 0 Å². The fraction of sp³-hybridized carbons (Fsp3) is 0.0588. The van der Waals surface area contributed by atoms with Gasteiger partial charge in [-0.1, -0.05) is 12.1 Å². The Balaban J connectivity index is 1.80. The quantitative estimate of drug-likeness (QED) is 0.741. The molecule has 1 heterocycles. The smallest absolute Gasteiger partial charge is 0.221 e. The van der Waals surface area contributed by atoms with Crippen molar-refractivity contribution in [1.82, 2.24) is 15.2 Å². The first kappa shape index (κ1) is 15.4. The number of hydrogen-bond donors (Lipinski definition) is 1. The average Bonchev–Trinajstić information content (AvgIpc) is 2.62. The molecule has 0 saturated carbocycles. The van der Waals surface area contributed by atoms with E-state index in [2.05, 4.69) is 25.7 Å². The molecule has 1 N–H and O–H groups in total. The van der Waals surface area contributed by atoms with Crippen molar-refractivity contribution in [1.29, 1.82) is 0 Å². The molecule has 1 amide bonds. The highest BCUT2D eigenvalue weighted by molar-refractivity contribution is 5.88. The summed E-state index contributed by atoms with van der Waals surface area (Å²) in [6, 6.07) is 13.9. The van der Waals surface area contributed by atoms with Gasteiger partial charge in [0.05, 0.1) is 6.20 Å². The molecule has 3 rings (SSSR count). The van der Waals surface area contributed by atoms with Crippen molar-refractivity contribution in [2.24, 2.45) is 5.18 Å². The van der Waals surface area contributed by atoms with Crippen LogP contribution in [0, 0.1) is 4.91 Å². The third kappa shape index (κ3) is 3.46. The van der Waals surface area contributed by atoms with E-state index in [1.807, 2.05) is 12.1 Å². The molecule has 0 unspecified atom stereocenters. The van der Waals surface area contributed by atoms with Crippen LogP contribution < -0.4 is 5.32 Å². The number of nitrogens with zero attached hydrogens (tertiary/aromatic N) is 4. The summed E-state index contributed by atoms with van der Waals surface area (Å²) < 4.78 is 0. The minimum atomic E-state index is -0.124. The van der Waals surface area contributed by atoms with E-state index in [0.29, 0.717) is 22.9 Å². The Morgan fingerprint density at radius 3 is 2.17 bits per heavy atom. The lowest BCUT2D eigenvalue weighted by Gasteiger charge is -2.04. The predicted octanol–water partition coefficient (Wildman–Crippen LogP) is 3.56. The summed E-state index contributed by atoms with van der Waals surface area (Å²) in [4.78, 5) is 25.7. The zero-order valence-corrected chi connectivity index (χ0v) is 12.8. The van der Waals surface area contributed by atoms with Crippen molar-refractivity contribution >= 4 is 17.3 Å². The third-order valence-electron chi connectivity index (χ3n) is 3.29. The van der Waals surface area contributed by atoms with Gasteiger partial charge in [0.25, 0.3) is 0 Å². The summed E-state index contributed by atoms with van der Waals surface area (Å²) in [5.41, 5.74) is 3.26. The Morgan fingerprint density at radius 2 is 1.62 bits per heavy atom. The number of amides is 1. The number of benzene rings is 2. The number of rotatable bonds is 4. The van der Waals surface area contributed by atoms with Crippen LogP contribution in [0.25, 0.3) is 22.6 Å². The Labute approximate surface area is 137 Å². The van der Waals surface area contributed by atoms with E-state index in [9.17, 15) is 9.70 Å². The highest BCUT2D eigenvalue weighted by Gasteiger charge is 2.06. The zero-order valence-electron chi connectivity index (χ0n) is 12.8. The van der Waals surface area contributed by atoms with E-state index in [-0.39, 0.29) is 5.91 Å². The molecule has 24 heavy (non-hydrogen) atoms. The fourth-order valence-corrected chi connectivity index (χ4v) is 2.14. The number of anilines is 1. The Hall–Kier alpha value is -3.48. The highest BCUT2D eigenvalue weighted by atomic mass is 16.3. The van der Waals surface area contributed by atoms with Gasteiger partial charge in [-0.2, -0.15) is 0 Å². The predicted molar refractivity (Wildman–Crippen MR) is 90.5 cm³/mol. The zero-order chi connectivity index (χ0) is 16.9.